The number of allylic oxidation sites excluding steroid dienone is 1. The van der Waals surface area contributed by atoms with E-state index in [2.05, 4.69) is 38.7 Å². The first-order valence-corrected chi connectivity index (χ1v) is 7.96. The highest BCUT2D eigenvalue weighted by atomic mass is 16.3. The Hall–Kier alpha value is -3.33. The Labute approximate surface area is 149 Å². The molecule has 0 saturated heterocycles. The zero-order chi connectivity index (χ0) is 18.7. The van der Waals surface area contributed by atoms with Crippen molar-refractivity contribution < 1.29 is 14.7 Å². The number of fused-ring (bicyclic) bond motifs is 1. The summed E-state index contributed by atoms with van der Waals surface area (Å²) in [4.78, 5) is 36.1. The summed E-state index contributed by atoms with van der Waals surface area (Å²) in [7, 11) is 0. The van der Waals surface area contributed by atoms with Crippen LogP contribution < -0.4 is 10.6 Å². The molecule has 0 unspecified atom stereocenters. The molecule has 2 heterocycles. The van der Waals surface area contributed by atoms with E-state index in [0.717, 1.165) is 12.2 Å². The molecule has 0 spiro atoms. The number of nitrogens with zero attached hydrogens (tertiary/aromatic N) is 4. The van der Waals surface area contributed by atoms with Gasteiger partial charge in [0, 0.05) is 12.5 Å². The van der Waals surface area contributed by atoms with Crippen LogP contribution in [0.2, 0.25) is 0 Å². The fourth-order valence-corrected chi connectivity index (χ4v) is 2.73. The number of aromatic nitrogens is 4. The van der Waals surface area contributed by atoms with Crippen molar-refractivity contribution in [3.05, 3.63) is 43.8 Å². The van der Waals surface area contributed by atoms with Gasteiger partial charge in [0.2, 0.25) is 17.8 Å². The van der Waals surface area contributed by atoms with E-state index in [-0.39, 0.29) is 30.3 Å². The number of aliphatic hydroxyl groups is 1. The van der Waals surface area contributed by atoms with Gasteiger partial charge in [-0.05, 0) is 18.6 Å². The minimum Gasteiger partial charge on any atom is -0.396 e. The molecule has 3 N–H and O–H groups in total. The lowest BCUT2D eigenvalue weighted by Crippen LogP contribution is -2.15. The molecule has 0 radical (unpaired) electrons. The number of hydrogen-bond donors (Lipinski definition) is 3. The van der Waals surface area contributed by atoms with Crippen LogP contribution in [0.1, 0.15) is 12.5 Å². The van der Waals surface area contributed by atoms with E-state index < -0.39 is 11.8 Å². The summed E-state index contributed by atoms with van der Waals surface area (Å²) in [5, 5.41) is 14.4. The van der Waals surface area contributed by atoms with Crippen LogP contribution in [0.25, 0.3) is 11.2 Å². The number of imidazole rings is 1. The van der Waals surface area contributed by atoms with Crippen molar-refractivity contribution in [2.24, 2.45) is 5.92 Å². The number of rotatable bonds is 6. The maximum absolute atomic E-state index is 11.7. The highest BCUT2D eigenvalue weighted by Crippen LogP contribution is 2.31. The minimum absolute atomic E-state index is 0.0178. The molecule has 2 atom stereocenters. The van der Waals surface area contributed by atoms with E-state index in [0.29, 0.717) is 17.6 Å². The van der Waals surface area contributed by atoms with Crippen molar-refractivity contribution in [1.29, 1.82) is 0 Å². The SMILES string of the molecule is C=CC(=O)Nc1nc(NC(=O)C=C)c2ncn([C@H]3C=C[C@@H](CO)C3)c2n1. The molecule has 2 amide bonds. The highest BCUT2D eigenvalue weighted by Gasteiger charge is 2.23. The van der Waals surface area contributed by atoms with Crippen LogP contribution in [-0.2, 0) is 9.59 Å². The molecule has 0 fully saturated rings. The van der Waals surface area contributed by atoms with Crippen LogP contribution >= 0.6 is 0 Å². The molecule has 0 bridgehead atoms. The lowest BCUT2D eigenvalue weighted by molar-refractivity contribution is -0.112. The lowest BCUT2D eigenvalue weighted by atomic mass is 10.1. The van der Waals surface area contributed by atoms with Gasteiger partial charge in [-0.1, -0.05) is 25.3 Å². The van der Waals surface area contributed by atoms with E-state index >= 15 is 0 Å². The third-order valence-electron chi connectivity index (χ3n) is 4.01. The number of carbonyl (C=O) groups excluding carboxylic acids is 2. The fourth-order valence-electron chi connectivity index (χ4n) is 2.73. The van der Waals surface area contributed by atoms with Crippen molar-refractivity contribution in [2.75, 3.05) is 17.2 Å². The molecule has 26 heavy (non-hydrogen) atoms. The van der Waals surface area contributed by atoms with Crippen LogP contribution in [-0.4, -0.2) is 43.0 Å². The topological polar surface area (TPSA) is 122 Å². The average Bonchev–Trinajstić information content (AvgIpc) is 3.27. The summed E-state index contributed by atoms with van der Waals surface area (Å²) in [5.41, 5.74) is 0.838. The molecule has 0 aromatic carbocycles. The van der Waals surface area contributed by atoms with Crippen molar-refractivity contribution in [2.45, 2.75) is 12.5 Å². The summed E-state index contributed by atoms with van der Waals surface area (Å²) >= 11 is 0. The third kappa shape index (κ3) is 3.38. The van der Waals surface area contributed by atoms with E-state index in [1.165, 1.54) is 0 Å². The third-order valence-corrected chi connectivity index (χ3v) is 4.01. The number of nitrogens with one attached hydrogen (secondary N) is 2. The summed E-state index contributed by atoms with van der Waals surface area (Å²) in [6.07, 6.45) is 8.41. The van der Waals surface area contributed by atoms with Crippen LogP contribution in [0, 0.1) is 5.92 Å². The second kappa shape index (κ2) is 7.28. The number of amides is 2. The van der Waals surface area contributed by atoms with E-state index in [9.17, 15) is 14.7 Å². The zero-order valence-corrected chi connectivity index (χ0v) is 13.9. The average molecular weight is 354 g/mol. The maximum Gasteiger partial charge on any atom is 0.250 e. The molecule has 134 valence electrons. The molecule has 9 nitrogen and oxygen atoms in total. The molecule has 3 rings (SSSR count). The van der Waals surface area contributed by atoms with Gasteiger partial charge in [-0.2, -0.15) is 9.97 Å². The number of anilines is 2. The normalized spacial score (nSPS) is 18.7. The van der Waals surface area contributed by atoms with Gasteiger partial charge in [0.25, 0.3) is 0 Å². The fraction of sp³-hybridized carbons (Fsp3) is 0.235. The van der Waals surface area contributed by atoms with E-state index in [1.54, 1.807) is 6.33 Å². The first-order valence-electron chi connectivity index (χ1n) is 7.96. The monoisotopic (exact) mass is 354 g/mol. The van der Waals surface area contributed by atoms with E-state index in [1.807, 2.05) is 16.7 Å². The predicted molar refractivity (Wildman–Crippen MR) is 96.3 cm³/mol. The molecule has 2 aromatic heterocycles. The van der Waals surface area contributed by atoms with E-state index in [4.69, 9.17) is 0 Å². The second-order valence-corrected chi connectivity index (χ2v) is 5.74. The minimum atomic E-state index is -0.475. The lowest BCUT2D eigenvalue weighted by Gasteiger charge is -2.13. The van der Waals surface area contributed by atoms with Gasteiger partial charge < -0.3 is 15.0 Å². The van der Waals surface area contributed by atoms with Crippen molar-refractivity contribution >= 4 is 34.7 Å². The second-order valence-electron chi connectivity index (χ2n) is 5.74. The first-order chi connectivity index (χ1) is 12.5. The number of carbonyl (C=O) groups is 2. The van der Waals surface area contributed by atoms with Crippen LogP contribution in [0.5, 0.6) is 0 Å². The zero-order valence-electron chi connectivity index (χ0n) is 13.9. The van der Waals surface area contributed by atoms with Crippen molar-refractivity contribution in [1.82, 2.24) is 19.5 Å². The van der Waals surface area contributed by atoms with Crippen LogP contribution in [0.4, 0.5) is 11.8 Å². The highest BCUT2D eigenvalue weighted by molar-refractivity contribution is 6.03. The van der Waals surface area contributed by atoms with Crippen molar-refractivity contribution in [3.8, 4) is 0 Å². The predicted octanol–water partition coefficient (Wildman–Crippen LogP) is 1.18. The number of aliphatic hydroxyl groups excluding tert-OH is 1. The van der Waals surface area contributed by atoms with Gasteiger partial charge >= 0.3 is 0 Å². The maximum atomic E-state index is 11.7. The Bertz CT molecular complexity index is 917. The smallest absolute Gasteiger partial charge is 0.250 e. The Balaban J connectivity index is 2.06. The van der Waals surface area contributed by atoms with Gasteiger partial charge in [-0.25, -0.2) is 4.98 Å². The van der Waals surface area contributed by atoms with Gasteiger partial charge in [0.15, 0.2) is 17.0 Å². The molecule has 1 aliphatic rings. The van der Waals surface area contributed by atoms with Gasteiger partial charge in [-0.3, -0.25) is 14.9 Å². The van der Waals surface area contributed by atoms with Crippen molar-refractivity contribution in [3.63, 3.8) is 0 Å². The molecule has 0 aliphatic heterocycles. The van der Waals surface area contributed by atoms with Gasteiger partial charge in [-0.15, -0.1) is 0 Å². The molecule has 1 aliphatic carbocycles. The Morgan fingerprint density at radius 3 is 2.62 bits per heavy atom. The molecule has 9 heteroatoms. The quantitative estimate of drug-likeness (QED) is 0.529. The molecule has 2 aromatic rings. The Morgan fingerprint density at radius 1 is 1.23 bits per heavy atom. The van der Waals surface area contributed by atoms with Crippen LogP contribution in [0.15, 0.2) is 43.8 Å². The molecular weight excluding hydrogens is 336 g/mol. The Morgan fingerprint density at radius 2 is 1.96 bits per heavy atom. The molecule has 0 saturated carbocycles. The summed E-state index contributed by atoms with van der Waals surface area (Å²) in [6.45, 7) is 6.87. The largest absolute Gasteiger partial charge is 0.396 e. The Kier molecular flexibility index (Phi) is 4.90. The first kappa shape index (κ1) is 17.5. The number of hydrogen-bond acceptors (Lipinski definition) is 6. The summed E-state index contributed by atoms with van der Waals surface area (Å²) < 4.78 is 1.82. The summed E-state index contributed by atoms with van der Waals surface area (Å²) in [6, 6.07) is -0.0436. The van der Waals surface area contributed by atoms with Gasteiger partial charge in [0.1, 0.15) is 0 Å². The standard InChI is InChI=1S/C17H18N6O3/c1-3-12(25)19-15-14-16(22-17(21-15)20-13(26)4-2)23(9-18-14)11-6-5-10(7-11)8-24/h3-6,9-11,24H,1-2,7-8H2,(H2,19,20,21,22,25,26)/t10-,11+/m1/s1. The van der Waals surface area contributed by atoms with Crippen LogP contribution in [0.3, 0.4) is 0 Å². The molecular formula is C17H18N6O3. The van der Waals surface area contributed by atoms with Gasteiger partial charge in [0.05, 0.1) is 12.4 Å². The summed E-state index contributed by atoms with van der Waals surface area (Å²) in [5.74, 6) is -0.679.